The zero-order valence-electron chi connectivity index (χ0n) is 12.7. The Bertz CT molecular complexity index is 551. The molecule has 1 heterocycles. The van der Waals surface area contributed by atoms with E-state index < -0.39 is 11.8 Å². The number of nitrogens with one attached hydrogen (secondary N) is 1. The quantitative estimate of drug-likeness (QED) is 0.655. The number of carbonyl (C=O) groups is 2. The number of amides is 2. The van der Waals surface area contributed by atoms with E-state index in [1.165, 1.54) is 0 Å². The maximum Gasteiger partial charge on any atom is 0.312 e. The van der Waals surface area contributed by atoms with Crippen LogP contribution >= 0.6 is 0 Å². The van der Waals surface area contributed by atoms with E-state index in [0.29, 0.717) is 32.7 Å². The number of methoxy groups -OCH3 is 1. The van der Waals surface area contributed by atoms with Crippen LogP contribution in [0.15, 0.2) is 36.9 Å². The first-order valence-electron chi connectivity index (χ1n) is 7.23. The highest BCUT2D eigenvalue weighted by molar-refractivity contribution is 6.35. The number of para-hydroxylation sites is 2. The van der Waals surface area contributed by atoms with Crippen LogP contribution < -0.4 is 15.0 Å². The minimum atomic E-state index is -0.578. The van der Waals surface area contributed by atoms with Crippen molar-refractivity contribution in [3.8, 4) is 5.75 Å². The first-order chi connectivity index (χ1) is 10.7. The number of hydrogen-bond donors (Lipinski definition) is 1. The zero-order chi connectivity index (χ0) is 15.9. The molecule has 6 nitrogen and oxygen atoms in total. The van der Waals surface area contributed by atoms with Crippen LogP contribution in [0.5, 0.6) is 5.75 Å². The molecule has 1 aliphatic rings. The lowest BCUT2D eigenvalue weighted by Crippen LogP contribution is -2.52. The minimum absolute atomic E-state index is 0.297. The molecule has 1 aliphatic heterocycles. The molecule has 0 radical (unpaired) electrons. The van der Waals surface area contributed by atoms with E-state index in [-0.39, 0.29) is 0 Å². The zero-order valence-corrected chi connectivity index (χ0v) is 12.7. The van der Waals surface area contributed by atoms with Crippen LogP contribution in [-0.2, 0) is 9.59 Å². The van der Waals surface area contributed by atoms with Gasteiger partial charge < -0.3 is 19.9 Å². The highest BCUT2D eigenvalue weighted by Crippen LogP contribution is 2.28. The number of carbonyl (C=O) groups excluding carboxylic acids is 2. The van der Waals surface area contributed by atoms with Crippen LogP contribution in [0.2, 0.25) is 0 Å². The van der Waals surface area contributed by atoms with Crippen LogP contribution in [0.25, 0.3) is 0 Å². The predicted molar refractivity (Wildman–Crippen MR) is 85.0 cm³/mol. The molecule has 2 rings (SSSR count). The van der Waals surface area contributed by atoms with Gasteiger partial charge in [-0.25, -0.2) is 0 Å². The third kappa shape index (κ3) is 3.58. The van der Waals surface area contributed by atoms with Crippen molar-refractivity contribution in [1.82, 2.24) is 10.2 Å². The monoisotopic (exact) mass is 303 g/mol. The van der Waals surface area contributed by atoms with Gasteiger partial charge in [-0.1, -0.05) is 18.2 Å². The van der Waals surface area contributed by atoms with Gasteiger partial charge in [0.1, 0.15) is 5.75 Å². The molecule has 0 aliphatic carbocycles. The fourth-order valence-electron chi connectivity index (χ4n) is 2.43. The van der Waals surface area contributed by atoms with Crippen molar-refractivity contribution in [2.45, 2.75) is 0 Å². The summed E-state index contributed by atoms with van der Waals surface area (Å²) >= 11 is 0. The van der Waals surface area contributed by atoms with Crippen LogP contribution in [0, 0.1) is 0 Å². The maximum absolute atomic E-state index is 12.0. The Kier molecular flexibility index (Phi) is 5.41. The molecule has 1 fully saturated rings. The fraction of sp³-hybridized carbons (Fsp3) is 0.375. The average molecular weight is 303 g/mol. The highest BCUT2D eigenvalue weighted by Gasteiger charge is 2.26. The van der Waals surface area contributed by atoms with Gasteiger partial charge in [0.2, 0.25) is 0 Å². The number of rotatable bonds is 4. The first kappa shape index (κ1) is 15.9. The molecule has 1 aromatic rings. The Balaban J connectivity index is 1.94. The van der Waals surface area contributed by atoms with Crippen molar-refractivity contribution in [2.24, 2.45) is 0 Å². The molecule has 118 valence electrons. The average Bonchev–Trinajstić information content (AvgIpc) is 2.59. The Morgan fingerprint density at radius 2 is 1.95 bits per heavy atom. The molecule has 0 bridgehead atoms. The topological polar surface area (TPSA) is 61.9 Å². The van der Waals surface area contributed by atoms with Crippen LogP contribution in [0.4, 0.5) is 5.69 Å². The van der Waals surface area contributed by atoms with Crippen LogP contribution in [0.1, 0.15) is 0 Å². The molecule has 22 heavy (non-hydrogen) atoms. The summed E-state index contributed by atoms with van der Waals surface area (Å²) in [5, 5.41) is 2.51. The maximum atomic E-state index is 12.0. The minimum Gasteiger partial charge on any atom is -0.495 e. The summed E-state index contributed by atoms with van der Waals surface area (Å²) in [5.74, 6) is -0.252. The van der Waals surface area contributed by atoms with E-state index in [0.717, 1.165) is 11.4 Å². The van der Waals surface area contributed by atoms with E-state index in [2.05, 4.69) is 16.8 Å². The predicted octanol–water partition coefficient (Wildman–Crippen LogP) is 0.646. The van der Waals surface area contributed by atoms with Gasteiger partial charge in [-0.05, 0) is 12.1 Å². The summed E-state index contributed by atoms with van der Waals surface area (Å²) in [6, 6.07) is 7.78. The molecule has 1 aromatic carbocycles. The molecule has 2 amide bonds. The van der Waals surface area contributed by atoms with Gasteiger partial charge >= 0.3 is 11.8 Å². The third-order valence-electron chi connectivity index (χ3n) is 3.59. The number of piperazine rings is 1. The fourth-order valence-corrected chi connectivity index (χ4v) is 2.43. The Morgan fingerprint density at radius 3 is 2.59 bits per heavy atom. The Hall–Kier alpha value is -2.50. The van der Waals surface area contributed by atoms with E-state index in [1.807, 2.05) is 24.3 Å². The largest absolute Gasteiger partial charge is 0.495 e. The second-order valence-corrected chi connectivity index (χ2v) is 4.95. The highest BCUT2D eigenvalue weighted by atomic mass is 16.5. The Morgan fingerprint density at radius 1 is 1.27 bits per heavy atom. The van der Waals surface area contributed by atoms with Gasteiger partial charge in [0.25, 0.3) is 0 Å². The summed E-state index contributed by atoms with van der Waals surface area (Å²) in [6.07, 6.45) is 1.55. The molecule has 0 spiro atoms. The number of anilines is 1. The van der Waals surface area contributed by atoms with E-state index in [9.17, 15) is 9.59 Å². The van der Waals surface area contributed by atoms with Crippen molar-refractivity contribution >= 4 is 17.5 Å². The lowest BCUT2D eigenvalue weighted by Gasteiger charge is -2.36. The molecule has 6 heteroatoms. The molecule has 0 aromatic heterocycles. The number of hydrogen-bond acceptors (Lipinski definition) is 4. The normalized spacial score (nSPS) is 14.4. The Labute approximate surface area is 130 Å². The van der Waals surface area contributed by atoms with E-state index in [1.54, 1.807) is 18.1 Å². The smallest absolute Gasteiger partial charge is 0.312 e. The summed E-state index contributed by atoms with van der Waals surface area (Å²) < 4.78 is 5.36. The van der Waals surface area contributed by atoms with Crippen molar-refractivity contribution in [1.29, 1.82) is 0 Å². The molecule has 1 N–H and O–H groups in total. The third-order valence-corrected chi connectivity index (χ3v) is 3.59. The number of benzene rings is 1. The van der Waals surface area contributed by atoms with Crippen molar-refractivity contribution in [3.05, 3.63) is 36.9 Å². The van der Waals surface area contributed by atoms with Crippen molar-refractivity contribution < 1.29 is 14.3 Å². The van der Waals surface area contributed by atoms with Gasteiger partial charge in [-0.3, -0.25) is 9.59 Å². The lowest BCUT2D eigenvalue weighted by atomic mass is 10.2. The van der Waals surface area contributed by atoms with Gasteiger partial charge in [-0.2, -0.15) is 0 Å². The van der Waals surface area contributed by atoms with Crippen LogP contribution in [-0.4, -0.2) is 56.5 Å². The molecular formula is C16H21N3O3. The van der Waals surface area contributed by atoms with E-state index >= 15 is 0 Å². The molecule has 0 saturated carbocycles. The molecule has 0 unspecified atom stereocenters. The van der Waals surface area contributed by atoms with Gasteiger partial charge in [0.15, 0.2) is 0 Å². The van der Waals surface area contributed by atoms with Gasteiger partial charge in [0, 0.05) is 32.7 Å². The van der Waals surface area contributed by atoms with Gasteiger partial charge in [0.05, 0.1) is 12.8 Å². The van der Waals surface area contributed by atoms with Crippen LogP contribution in [0.3, 0.4) is 0 Å². The summed E-state index contributed by atoms with van der Waals surface area (Å²) in [5.41, 5.74) is 1.01. The summed E-state index contributed by atoms with van der Waals surface area (Å²) in [7, 11) is 1.64. The number of nitrogens with zero attached hydrogens (tertiary/aromatic N) is 2. The standard InChI is InChI=1S/C16H21N3O3/c1-3-8-17-15(20)16(21)19-11-9-18(10-12-19)13-6-4-5-7-14(13)22-2/h3-7H,1,8-12H2,2H3,(H,17,20). The lowest BCUT2D eigenvalue weighted by molar-refractivity contribution is -0.145. The van der Waals surface area contributed by atoms with Gasteiger partial charge in [-0.15, -0.1) is 6.58 Å². The molecular weight excluding hydrogens is 282 g/mol. The van der Waals surface area contributed by atoms with Crippen molar-refractivity contribution in [2.75, 3.05) is 44.7 Å². The molecule has 1 saturated heterocycles. The second kappa shape index (κ2) is 7.49. The van der Waals surface area contributed by atoms with E-state index in [4.69, 9.17) is 4.74 Å². The summed E-state index contributed by atoms with van der Waals surface area (Å²) in [6.45, 7) is 6.16. The number of ether oxygens (including phenoxy) is 1. The first-order valence-corrected chi connectivity index (χ1v) is 7.23. The van der Waals surface area contributed by atoms with Crippen molar-refractivity contribution in [3.63, 3.8) is 0 Å². The second-order valence-electron chi connectivity index (χ2n) is 4.95. The SMILES string of the molecule is C=CCNC(=O)C(=O)N1CCN(c2ccccc2OC)CC1. The summed E-state index contributed by atoms with van der Waals surface area (Å²) in [4.78, 5) is 27.4. The molecule has 0 atom stereocenters.